The number of alkyl halides is 4. The highest BCUT2D eigenvalue weighted by Crippen LogP contribution is 2.30. The van der Waals surface area contributed by atoms with E-state index < -0.39 is 108 Å². The van der Waals surface area contributed by atoms with Gasteiger partial charge in [0.25, 0.3) is 31.7 Å². The van der Waals surface area contributed by atoms with Crippen molar-refractivity contribution in [1.29, 1.82) is 0 Å². The predicted octanol–water partition coefficient (Wildman–Crippen LogP) is 12.8. The summed E-state index contributed by atoms with van der Waals surface area (Å²) in [6, 6.07) is 0. The van der Waals surface area contributed by atoms with Crippen molar-refractivity contribution in [2.75, 3.05) is 0 Å². The molecule has 11 aromatic rings. The average molecular weight is 2490 g/mol. The van der Waals surface area contributed by atoms with Gasteiger partial charge in [0, 0.05) is 139 Å². The number of aliphatic hydroxyl groups is 4. The molecule has 0 bridgehead atoms. The Bertz CT molecular complexity index is 6300. The van der Waals surface area contributed by atoms with Crippen LogP contribution in [0.2, 0.25) is 39.3 Å². The molecular formula is C73H90Br7N35O26Si2. The first-order chi connectivity index (χ1) is 66.2. The first-order valence-corrected chi connectivity index (χ1v) is 52.4. The lowest BCUT2D eigenvalue weighted by atomic mass is 10.4. The van der Waals surface area contributed by atoms with Crippen LogP contribution in [0.1, 0.15) is 91.8 Å². The summed E-state index contributed by atoms with van der Waals surface area (Å²) in [7, 11) is 15.4. The van der Waals surface area contributed by atoms with Crippen LogP contribution in [0.3, 0.4) is 0 Å². The molecule has 0 aromatic carbocycles. The molecule has 4 N–H and O–H groups in total. The van der Waals surface area contributed by atoms with Gasteiger partial charge in [0.15, 0.2) is 11.4 Å². The van der Waals surface area contributed by atoms with Gasteiger partial charge in [-0.3, -0.25) is 36.5 Å². The number of rotatable bonds is 19. The summed E-state index contributed by atoms with van der Waals surface area (Å²) >= 11 is 21.8. The molecule has 11 heterocycles. The van der Waals surface area contributed by atoms with E-state index in [2.05, 4.69) is 244 Å². The lowest BCUT2D eigenvalue weighted by molar-refractivity contribution is -0.390. The smallest absolute Gasteiger partial charge is 0.388 e. The Hall–Kier alpha value is -14.4. The summed E-state index contributed by atoms with van der Waals surface area (Å²) in [5.41, 5.74) is 10.1. The van der Waals surface area contributed by atoms with Crippen LogP contribution in [-0.4, -0.2) is 196 Å². The Morgan fingerprint density at radius 1 is 0.329 bits per heavy atom. The molecule has 0 saturated carbocycles. The maximum absolute atomic E-state index is 10.7. The van der Waals surface area contributed by atoms with Crippen molar-refractivity contribution in [1.82, 2.24) is 105 Å². The highest BCUT2D eigenvalue weighted by molar-refractivity contribution is 9.11. The van der Waals surface area contributed by atoms with Gasteiger partial charge in [-0.1, -0.05) is 103 Å². The fourth-order valence-electron chi connectivity index (χ4n) is 9.70. The number of nitrogens with zero attached hydrogens (tertiary/aromatic N) is 35. The number of aryl methyl sites for hydroxylation is 3. The van der Waals surface area contributed by atoms with Crippen LogP contribution >= 0.6 is 112 Å². The number of hydrogen-bond donors (Lipinski definition) is 4. The van der Waals surface area contributed by atoms with E-state index in [1.54, 1.807) is 121 Å². The zero-order valence-electron chi connectivity index (χ0n) is 79.5. The summed E-state index contributed by atoms with van der Waals surface area (Å²) < 4.78 is 17.8. The van der Waals surface area contributed by atoms with Gasteiger partial charge >= 0.3 is 75.9 Å². The normalized spacial score (nSPS) is 10.0. The Labute approximate surface area is 870 Å². The van der Waals surface area contributed by atoms with Gasteiger partial charge in [-0.05, 0) is 148 Å². The minimum Gasteiger partial charge on any atom is -0.390 e. The van der Waals surface area contributed by atoms with Crippen molar-refractivity contribution in [2.45, 2.75) is 122 Å². The van der Waals surface area contributed by atoms with Gasteiger partial charge in [0.2, 0.25) is 18.0 Å². The molecule has 0 aliphatic rings. The average Bonchev–Trinajstić information content (AvgIpc) is 1.61. The molecule has 70 heteroatoms. The number of aliphatic hydroxyl groups excluding tert-OH is 4. The fraction of sp³-hybridized carbons (Fsp3) is 0.411. The highest BCUT2D eigenvalue weighted by atomic mass is 79.9. The number of imidazole rings is 11. The summed E-state index contributed by atoms with van der Waals surface area (Å²) in [6.45, 7) is 32.7. The molecule has 0 saturated heterocycles. The summed E-state index contributed by atoms with van der Waals surface area (Å²) in [5.74, 6) is 6.94. The molecule has 0 unspecified atom stereocenters. The topological polar surface area (TPSA) is 760 Å². The quantitative estimate of drug-likeness (QED) is 0.0146. The second kappa shape index (κ2) is 58.7. The van der Waals surface area contributed by atoms with Crippen molar-refractivity contribution < 1.29 is 74.6 Å². The highest BCUT2D eigenvalue weighted by Gasteiger charge is 2.32. The van der Waals surface area contributed by atoms with E-state index in [0.717, 1.165) is 0 Å². The Morgan fingerprint density at radius 3 is 0.797 bits per heavy atom. The van der Waals surface area contributed by atoms with Crippen LogP contribution in [0.25, 0.3) is 9.69 Å². The van der Waals surface area contributed by atoms with E-state index in [-0.39, 0.29) is 98.7 Å². The molecule has 0 atom stereocenters. The SMILES string of the molecule is C#C[Si](C)(C)C.C#Cc1nc([N+](=O)[O-])c(CBr)n1C.C#Cc1nc([N+](=O)[O-])c(CO)n1C.Cc1c([N+](=O)[O-])nc(Br)n1C.Cc1c([N+](=O)[O-])ncn1C.Cc1nc([N+](=O)[O-])c(C)n1C.Cc1nc([N+](=O)[O-])c(CBr)n1C.Cn1c(Br)nc([N+](=O)[O-])c1CBr.Cn1c(Br)nc([N+](=O)[O-])c1CO.Cn1c(C#C[Si](C)(C)C)nc([N+](=O)[O-])c1CO.[C-]#[N+]c1nc([N+](=O)[O-])c(CBr)n1C.[C-]#[N+]c1nc([N+](=O)[O-])c(CO)n1C. The number of aromatic nitrogens is 22. The minimum absolute atomic E-state index is 0.0288. The van der Waals surface area contributed by atoms with Gasteiger partial charge in [-0.2, -0.15) is 0 Å². The van der Waals surface area contributed by atoms with E-state index in [4.69, 9.17) is 52.8 Å². The zero-order chi connectivity index (χ0) is 111. The molecule has 0 aliphatic carbocycles. The van der Waals surface area contributed by atoms with Crippen LogP contribution < -0.4 is 0 Å². The lowest BCUT2D eigenvalue weighted by Crippen LogP contribution is -2.16. The van der Waals surface area contributed by atoms with Gasteiger partial charge in [-0.25, -0.2) is 0 Å². The third-order valence-corrected chi connectivity index (χ3v) is 24.1. The van der Waals surface area contributed by atoms with Gasteiger partial charge in [0.05, 0.1) is 41.1 Å². The maximum Gasteiger partial charge on any atom is 0.388 e. The lowest BCUT2D eigenvalue weighted by Gasteiger charge is -2.02. The molecule has 0 spiro atoms. The Balaban J connectivity index is 0.00000155. The first kappa shape index (κ1) is 129. The van der Waals surface area contributed by atoms with Crippen LogP contribution in [0, 0.1) is 207 Å². The first-order valence-electron chi connectivity index (χ1n) is 38.5. The minimum atomic E-state index is -1.56. The molecule has 61 nitrogen and oxygen atoms in total. The number of terminal acetylenes is 3. The molecular weight excluding hydrogens is 2400 g/mol. The molecule has 0 aliphatic heterocycles. The van der Waals surface area contributed by atoms with Crippen molar-refractivity contribution >= 4 is 204 Å². The number of halogens is 7. The molecule has 143 heavy (non-hydrogen) atoms. The third kappa shape index (κ3) is 36.2. The van der Waals surface area contributed by atoms with Crippen molar-refractivity contribution in [3.05, 3.63) is 246 Å². The predicted molar refractivity (Wildman–Crippen MR) is 540 cm³/mol. The summed E-state index contributed by atoms with van der Waals surface area (Å²) in [5, 5.41) is 151. The summed E-state index contributed by atoms with van der Waals surface area (Å²) in [4.78, 5) is 155. The largest absolute Gasteiger partial charge is 0.390 e. The van der Waals surface area contributed by atoms with Gasteiger partial charge in [0.1, 0.15) is 74.0 Å². The van der Waals surface area contributed by atoms with Crippen LogP contribution in [-0.2, 0) is 125 Å². The van der Waals surface area contributed by atoms with E-state index in [9.17, 15) is 111 Å². The number of nitro groups is 11. The van der Waals surface area contributed by atoms with Gasteiger partial charge in [-0.15, -0.1) is 43.5 Å². The van der Waals surface area contributed by atoms with Crippen LogP contribution in [0.15, 0.2) is 20.5 Å². The Kier molecular flexibility index (Phi) is 52.8. The second-order valence-corrected chi connectivity index (χ2v) is 43.2. The Morgan fingerprint density at radius 2 is 0.566 bits per heavy atom. The van der Waals surface area contributed by atoms with E-state index in [1.807, 2.05) is 0 Å². The monoisotopic (exact) mass is 2480 g/mol. The van der Waals surface area contributed by atoms with Crippen LogP contribution in [0.5, 0.6) is 0 Å². The fourth-order valence-corrected chi connectivity index (χ4v) is 13.9. The second-order valence-electron chi connectivity index (χ2n) is 29.3. The third-order valence-electron chi connectivity index (χ3n) is 18.1. The van der Waals surface area contributed by atoms with Gasteiger partial charge < -0.3 is 155 Å². The molecule has 11 aromatic heterocycles. The standard InChI is InChI=1S/C10H15N3O3Si.C7H6BrN3O2.C7H7N3O3.C6H5BrN4O2.C6H8BrN3O2.C6H6N4O3.C6H9N3O2.C5H5Br2N3O2.C5H6BrN3O3.C5H6BrN3O2.C5H7N3O2.C5H10Si/c1-12-8(7-14)10(13(15)16)11-9(12)5-6-17(2,3)4;1-3-6-9-7(11(12)13)5(4-8)10(6)2;1-3-6-8-7(10(12)13)5(4-11)9(6)2;1-8-6-9-5(11(12)13)4(3-7)10(6)2;1-4-8-6(10(11)12)5(3-7)9(4)2;1-7-6-8-5(10(12)13)4(3-11)9(6)2;1-4-6(9(10)11)7-5(2)8(4)3;1-9-3(2-6)4(10(11)12)8-5(9)7;1-8-3(2-10)4(9(11)12)7-5(8)6;1-3-4(9(10)11)7-5(6)8(3)2;1-4-5(8(9)10)6-3-7(4)2;1-5-6(2,3)4/h14H,7H2,1-4H3;1H,4H2,2H3;1,11H,4H2,2H3;3H2,2H3;3H2,1-2H3;11H,3H2,2H3;1-3H3;2H2,1H3;10H,2H2,1H3;1-2H3;3H,1-2H3;1H,2-4H3. The number of hydrogen-bond acceptors (Lipinski definition) is 37. The van der Waals surface area contributed by atoms with Crippen LogP contribution in [0.4, 0.5) is 75.9 Å². The van der Waals surface area contributed by atoms with Crippen molar-refractivity contribution in [3.63, 3.8) is 0 Å². The van der Waals surface area contributed by atoms with E-state index in [0.29, 0.717) is 92.9 Å². The van der Waals surface area contributed by atoms with Crippen molar-refractivity contribution in [2.24, 2.45) is 77.5 Å². The molecule has 0 fully saturated rings. The van der Waals surface area contributed by atoms with E-state index >= 15 is 0 Å². The summed E-state index contributed by atoms with van der Waals surface area (Å²) in [6.07, 6.45) is 16.7. The molecule has 0 radical (unpaired) electrons. The zero-order valence-corrected chi connectivity index (χ0v) is 92.6. The van der Waals surface area contributed by atoms with Crippen molar-refractivity contribution in [3.8, 4) is 48.1 Å². The molecule has 770 valence electrons. The van der Waals surface area contributed by atoms with E-state index in [1.165, 1.54) is 47.8 Å². The molecule has 0 amide bonds. The maximum atomic E-state index is 10.7. The molecule has 11 rings (SSSR count).